The van der Waals surface area contributed by atoms with Gasteiger partial charge in [0, 0.05) is 22.4 Å². The number of hydrogen-bond donors (Lipinski definition) is 1. The predicted octanol–water partition coefficient (Wildman–Crippen LogP) is 4.03. The molecule has 18 heavy (non-hydrogen) atoms. The van der Waals surface area contributed by atoms with Gasteiger partial charge in [-0.1, -0.05) is 19.1 Å². The molecule has 4 heteroatoms. The Bertz CT molecular complexity index is 477. The smallest absolute Gasteiger partial charge is 0.123 e. The highest BCUT2D eigenvalue weighted by molar-refractivity contribution is 7.98. The molecular weight excluding hydrogens is 260 g/mol. The van der Waals surface area contributed by atoms with E-state index in [2.05, 4.69) is 53.1 Å². The number of nitrogens with zero attached hydrogens (tertiary/aromatic N) is 1. The highest BCUT2D eigenvalue weighted by atomic mass is 32.2. The van der Waals surface area contributed by atoms with Gasteiger partial charge < -0.3 is 5.32 Å². The predicted molar refractivity (Wildman–Crippen MR) is 81.3 cm³/mol. The van der Waals surface area contributed by atoms with Gasteiger partial charge in [0.2, 0.25) is 0 Å². The van der Waals surface area contributed by atoms with Crippen LogP contribution in [0.4, 0.5) is 0 Å². The van der Waals surface area contributed by atoms with Gasteiger partial charge in [0.05, 0.1) is 5.69 Å². The summed E-state index contributed by atoms with van der Waals surface area (Å²) < 4.78 is 0. The Labute approximate surface area is 117 Å². The van der Waals surface area contributed by atoms with Crippen LogP contribution in [0, 0.1) is 0 Å². The lowest BCUT2D eigenvalue weighted by molar-refractivity contribution is 0.667. The van der Waals surface area contributed by atoms with Gasteiger partial charge in [-0.25, -0.2) is 4.98 Å². The van der Waals surface area contributed by atoms with Crippen molar-refractivity contribution in [3.8, 4) is 10.6 Å². The third-order valence-electron chi connectivity index (χ3n) is 2.62. The molecule has 2 rings (SSSR count). The van der Waals surface area contributed by atoms with Gasteiger partial charge in [0.15, 0.2) is 0 Å². The zero-order chi connectivity index (χ0) is 12.8. The quantitative estimate of drug-likeness (QED) is 0.638. The number of aromatic nitrogens is 1. The summed E-state index contributed by atoms with van der Waals surface area (Å²) in [5, 5.41) is 6.62. The number of rotatable bonds is 6. The van der Waals surface area contributed by atoms with Crippen LogP contribution in [0.3, 0.4) is 0 Å². The standard InChI is InChI=1S/C14H18N2S2/c1-3-8-15-9-12-10-18-14(16-12)11-4-6-13(17-2)7-5-11/h4-7,10,15H,3,8-9H2,1-2H3. The second kappa shape index (κ2) is 6.92. The number of thiazole rings is 1. The molecule has 0 fully saturated rings. The van der Waals surface area contributed by atoms with Gasteiger partial charge in [-0.3, -0.25) is 0 Å². The Morgan fingerprint density at radius 2 is 2.06 bits per heavy atom. The second-order valence-electron chi connectivity index (χ2n) is 4.05. The van der Waals surface area contributed by atoms with Crippen LogP contribution in [-0.2, 0) is 6.54 Å². The van der Waals surface area contributed by atoms with E-state index in [1.54, 1.807) is 23.1 Å². The third-order valence-corrected chi connectivity index (χ3v) is 4.31. The molecule has 0 radical (unpaired) electrons. The molecule has 0 saturated carbocycles. The average molecular weight is 278 g/mol. The van der Waals surface area contributed by atoms with Crippen molar-refractivity contribution in [2.75, 3.05) is 12.8 Å². The van der Waals surface area contributed by atoms with Crippen LogP contribution in [0.25, 0.3) is 10.6 Å². The maximum absolute atomic E-state index is 4.66. The summed E-state index contributed by atoms with van der Waals surface area (Å²) in [7, 11) is 0. The fraction of sp³-hybridized carbons (Fsp3) is 0.357. The summed E-state index contributed by atoms with van der Waals surface area (Å²) in [6.07, 6.45) is 3.25. The second-order valence-corrected chi connectivity index (χ2v) is 5.79. The van der Waals surface area contributed by atoms with Crippen LogP contribution in [0.15, 0.2) is 34.5 Å². The summed E-state index contributed by atoms with van der Waals surface area (Å²) >= 11 is 3.48. The number of nitrogens with one attached hydrogen (secondary N) is 1. The van der Waals surface area contributed by atoms with E-state index in [0.717, 1.165) is 30.2 Å². The molecule has 1 aromatic heterocycles. The van der Waals surface area contributed by atoms with Crippen LogP contribution >= 0.6 is 23.1 Å². The van der Waals surface area contributed by atoms with E-state index in [1.807, 2.05) is 0 Å². The third kappa shape index (κ3) is 3.57. The van der Waals surface area contributed by atoms with E-state index in [1.165, 1.54) is 10.5 Å². The SMILES string of the molecule is CCCNCc1csc(-c2ccc(SC)cc2)n1. The summed E-state index contributed by atoms with van der Waals surface area (Å²) in [6.45, 7) is 4.09. The minimum Gasteiger partial charge on any atom is -0.311 e. The normalized spacial score (nSPS) is 10.8. The zero-order valence-corrected chi connectivity index (χ0v) is 12.4. The Balaban J connectivity index is 2.04. The Morgan fingerprint density at radius 1 is 1.28 bits per heavy atom. The molecule has 0 bridgehead atoms. The van der Waals surface area contributed by atoms with E-state index in [9.17, 15) is 0 Å². The van der Waals surface area contributed by atoms with Crippen LogP contribution in [0.2, 0.25) is 0 Å². The number of benzene rings is 1. The van der Waals surface area contributed by atoms with Crippen LogP contribution in [0.5, 0.6) is 0 Å². The van der Waals surface area contributed by atoms with Crippen molar-refractivity contribution in [1.82, 2.24) is 10.3 Å². The molecule has 1 aromatic carbocycles. The lowest BCUT2D eigenvalue weighted by Crippen LogP contribution is -2.13. The van der Waals surface area contributed by atoms with Gasteiger partial charge in [0.25, 0.3) is 0 Å². The lowest BCUT2D eigenvalue weighted by atomic mass is 10.2. The number of hydrogen-bond acceptors (Lipinski definition) is 4. The lowest BCUT2D eigenvalue weighted by Gasteiger charge is -1.99. The molecule has 96 valence electrons. The average Bonchev–Trinajstić information content (AvgIpc) is 2.88. The van der Waals surface area contributed by atoms with Gasteiger partial charge >= 0.3 is 0 Å². The summed E-state index contributed by atoms with van der Waals surface area (Å²) in [6, 6.07) is 8.59. The maximum Gasteiger partial charge on any atom is 0.123 e. The zero-order valence-electron chi connectivity index (χ0n) is 10.8. The van der Waals surface area contributed by atoms with Crippen LogP contribution < -0.4 is 5.32 Å². The highest BCUT2D eigenvalue weighted by Gasteiger charge is 2.04. The first-order valence-electron chi connectivity index (χ1n) is 6.13. The van der Waals surface area contributed by atoms with Crippen molar-refractivity contribution in [2.24, 2.45) is 0 Å². The van der Waals surface area contributed by atoms with E-state index < -0.39 is 0 Å². The van der Waals surface area contributed by atoms with Crippen molar-refractivity contribution in [2.45, 2.75) is 24.8 Å². The fourth-order valence-corrected chi connectivity index (χ4v) is 2.88. The first-order chi connectivity index (χ1) is 8.83. The topological polar surface area (TPSA) is 24.9 Å². The molecule has 0 unspecified atom stereocenters. The van der Waals surface area contributed by atoms with Crippen molar-refractivity contribution < 1.29 is 0 Å². The Morgan fingerprint density at radius 3 is 2.72 bits per heavy atom. The molecular formula is C14H18N2S2. The van der Waals surface area contributed by atoms with Crippen molar-refractivity contribution >= 4 is 23.1 Å². The van der Waals surface area contributed by atoms with E-state index in [0.29, 0.717) is 0 Å². The fourth-order valence-electron chi connectivity index (χ4n) is 1.65. The first-order valence-corrected chi connectivity index (χ1v) is 8.23. The minimum atomic E-state index is 0.868. The Hall–Kier alpha value is -0.840. The molecule has 1 N–H and O–H groups in total. The minimum absolute atomic E-state index is 0.868. The summed E-state index contributed by atoms with van der Waals surface area (Å²) in [5.74, 6) is 0. The maximum atomic E-state index is 4.66. The van der Waals surface area contributed by atoms with E-state index >= 15 is 0 Å². The Kier molecular flexibility index (Phi) is 5.23. The molecule has 0 spiro atoms. The molecule has 0 amide bonds. The summed E-state index contributed by atoms with van der Waals surface area (Å²) in [4.78, 5) is 5.95. The molecule has 1 heterocycles. The van der Waals surface area contributed by atoms with E-state index in [4.69, 9.17) is 0 Å². The highest BCUT2D eigenvalue weighted by Crippen LogP contribution is 2.25. The molecule has 0 aliphatic heterocycles. The van der Waals surface area contributed by atoms with Crippen LogP contribution in [0.1, 0.15) is 19.0 Å². The monoisotopic (exact) mass is 278 g/mol. The van der Waals surface area contributed by atoms with Crippen molar-refractivity contribution in [3.63, 3.8) is 0 Å². The van der Waals surface area contributed by atoms with Gasteiger partial charge in [-0.05, 0) is 31.4 Å². The van der Waals surface area contributed by atoms with E-state index in [-0.39, 0.29) is 0 Å². The molecule has 0 saturated heterocycles. The van der Waals surface area contributed by atoms with Gasteiger partial charge in [0.1, 0.15) is 5.01 Å². The molecule has 0 aliphatic carbocycles. The van der Waals surface area contributed by atoms with Crippen molar-refractivity contribution in [1.29, 1.82) is 0 Å². The van der Waals surface area contributed by atoms with Crippen molar-refractivity contribution in [3.05, 3.63) is 35.3 Å². The molecule has 2 aromatic rings. The van der Waals surface area contributed by atoms with Gasteiger partial charge in [-0.15, -0.1) is 23.1 Å². The van der Waals surface area contributed by atoms with Gasteiger partial charge in [-0.2, -0.15) is 0 Å². The first kappa shape index (κ1) is 13.6. The number of thioether (sulfide) groups is 1. The molecule has 0 atom stereocenters. The molecule has 0 aliphatic rings. The summed E-state index contributed by atoms with van der Waals surface area (Å²) in [5.41, 5.74) is 2.34. The molecule has 2 nitrogen and oxygen atoms in total. The largest absolute Gasteiger partial charge is 0.311 e. The van der Waals surface area contributed by atoms with Crippen LogP contribution in [-0.4, -0.2) is 17.8 Å².